The Morgan fingerprint density at radius 1 is 1.33 bits per heavy atom. The third kappa shape index (κ3) is 1.52. The maximum Gasteiger partial charge on any atom is 0.245 e. The van der Waals surface area contributed by atoms with E-state index >= 15 is 0 Å². The number of fused-ring (bicyclic) bond motifs is 3. The van der Waals surface area contributed by atoms with Gasteiger partial charge in [0, 0.05) is 17.4 Å². The van der Waals surface area contributed by atoms with Gasteiger partial charge < -0.3 is 0 Å². The summed E-state index contributed by atoms with van der Waals surface area (Å²) in [5.41, 5.74) is 1.42. The molecule has 0 aliphatic heterocycles. The minimum atomic E-state index is -0.382. The van der Waals surface area contributed by atoms with Crippen LogP contribution < -0.4 is 0 Å². The van der Waals surface area contributed by atoms with Crippen molar-refractivity contribution in [1.82, 2.24) is 4.98 Å². The van der Waals surface area contributed by atoms with E-state index in [0.29, 0.717) is 10.5 Å². The van der Waals surface area contributed by atoms with E-state index in [1.165, 1.54) is 11.3 Å². The standard InChI is InChI=1S/C14H13NO2S/c1-7(2)14-15-10-8-5-3-4-6-9(8)11(16)12(17)13(10)18-14/h3-4,6-8H,5H2,1-2H3. The minimum absolute atomic E-state index is 0.0149. The van der Waals surface area contributed by atoms with Crippen LogP contribution in [0.15, 0.2) is 23.8 Å². The first-order chi connectivity index (χ1) is 8.59. The first-order valence-electron chi connectivity index (χ1n) is 6.06. The number of aromatic nitrogens is 1. The van der Waals surface area contributed by atoms with Crippen molar-refractivity contribution < 1.29 is 9.59 Å². The molecule has 1 aromatic heterocycles. The van der Waals surface area contributed by atoms with E-state index in [1.807, 2.05) is 26.0 Å². The molecule has 0 radical (unpaired) electrons. The van der Waals surface area contributed by atoms with E-state index < -0.39 is 0 Å². The largest absolute Gasteiger partial charge is 0.285 e. The average Bonchev–Trinajstić information content (AvgIpc) is 2.81. The molecule has 4 heteroatoms. The summed E-state index contributed by atoms with van der Waals surface area (Å²) in [6.07, 6.45) is 6.39. The van der Waals surface area contributed by atoms with Crippen molar-refractivity contribution in [3.63, 3.8) is 0 Å². The van der Waals surface area contributed by atoms with E-state index in [0.717, 1.165) is 17.1 Å². The second-order valence-corrected chi connectivity index (χ2v) is 5.95. The number of ketones is 2. The lowest BCUT2D eigenvalue weighted by Crippen LogP contribution is -2.28. The second-order valence-electron chi connectivity index (χ2n) is 4.92. The molecule has 1 heterocycles. The van der Waals surface area contributed by atoms with Gasteiger partial charge in [0.25, 0.3) is 0 Å². The third-order valence-electron chi connectivity index (χ3n) is 3.33. The fourth-order valence-corrected chi connectivity index (χ4v) is 3.42. The molecule has 0 amide bonds. The molecule has 1 atom stereocenters. The molecule has 2 aliphatic rings. The van der Waals surface area contributed by atoms with Gasteiger partial charge in [-0.2, -0.15) is 0 Å². The summed E-state index contributed by atoms with van der Waals surface area (Å²) in [5, 5.41) is 0.942. The van der Waals surface area contributed by atoms with Gasteiger partial charge in [0.2, 0.25) is 11.6 Å². The molecule has 3 rings (SSSR count). The topological polar surface area (TPSA) is 47.0 Å². The Balaban J connectivity index is 2.18. The number of hydrogen-bond donors (Lipinski definition) is 0. The Hall–Kier alpha value is -1.55. The van der Waals surface area contributed by atoms with Crippen molar-refractivity contribution in [2.75, 3.05) is 0 Å². The Morgan fingerprint density at radius 3 is 2.83 bits per heavy atom. The van der Waals surface area contributed by atoms with Crippen LogP contribution in [0.1, 0.15) is 52.5 Å². The van der Waals surface area contributed by atoms with Gasteiger partial charge in [-0.25, -0.2) is 4.98 Å². The van der Waals surface area contributed by atoms with Crippen LogP contribution in [0.4, 0.5) is 0 Å². The smallest absolute Gasteiger partial charge is 0.245 e. The first-order valence-corrected chi connectivity index (χ1v) is 6.87. The molecule has 0 bridgehead atoms. The molecule has 18 heavy (non-hydrogen) atoms. The average molecular weight is 259 g/mol. The number of carbonyl (C=O) groups excluding carboxylic acids is 2. The number of carbonyl (C=O) groups is 2. The summed E-state index contributed by atoms with van der Waals surface area (Å²) in [4.78, 5) is 29.2. The van der Waals surface area contributed by atoms with Crippen molar-refractivity contribution in [2.45, 2.75) is 32.1 Å². The van der Waals surface area contributed by atoms with Gasteiger partial charge in [-0.3, -0.25) is 9.59 Å². The third-order valence-corrected chi connectivity index (χ3v) is 4.70. The lowest BCUT2D eigenvalue weighted by molar-refractivity contribution is -0.112. The van der Waals surface area contributed by atoms with Crippen LogP contribution in [0.2, 0.25) is 0 Å². The lowest BCUT2D eigenvalue weighted by atomic mass is 9.80. The molecule has 0 fully saturated rings. The number of rotatable bonds is 1. The Kier molecular flexibility index (Phi) is 2.55. The molecule has 3 nitrogen and oxygen atoms in total. The maximum absolute atomic E-state index is 12.1. The van der Waals surface area contributed by atoms with Crippen LogP contribution in [0.25, 0.3) is 0 Å². The highest BCUT2D eigenvalue weighted by atomic mass is 32.1. The Bertz CT molecular complexity index is 607. The van der Waals surface area contributed by atoms with E-state index in [2.05, 4.69) is 4.98 Å². The van der Waals surface area contributed by atoms with Crippen LogP contribution in [0.5, 0.6) is 0 Å². The predicted molar refractivity (Wildman–Crippen MR) is 70.1 cm³/mol. The maximum atomic E-state index is 12.1. The quantitative estimate of drug-likeness (QED) is 0.728. The summed E-state index contributed by atoms with van der Waals surface area (Å²) in [5.74, 6) is -0.461. The molecule has 0 saturated carbocycles. The van der Waals surface area contributed by atoms with Crippen molar-refractivity contribution in [2.24, 2.45) is 0 Å². The molecule has 0 aromatic carbocycles. The molecule has 0 spiro atoms. The molecule has 0 saturated heterocycles. The van der Waals surface area contributed by atoms with E-state index in [9.17, 15) is 9.59 Å². The van der Waals surface area contributed by atoms with E-state index in [4.69, 9.17) is 0 Å². The van der Waals surface area contributed by atoms with E-state index in [1.54, 1.807) is 6.08 Å². The zero-order valence-electron chi connectivity index (χ0n) is 10.3. The predicted octanol–water partition coefficient (Wildman–Crippen LogP) is 3.00. The number of allylic oxidation sites excluding steroid dienone is 4. The molecular weight excluding hydrogens is 246 g/mol. The summed E-state index contributed by atoms with van der Waals surface area (Å²) in [6.45, 7) is 4.10. The van der Waals surface area contributed by atoms with Crippen LogP contribution in [-0.4, -0.2) is 16.6 Å². The van der Waals surface area contributed by atoms with Gasteiger partial charge in [-0.05, 0) is 6.42 Å². The van der Waals surface area contributed by atoms with Gasteiger partial charge in [0.05, 0.1) is 10.7 Å². The van der Waals surface area contributed by atoms with Crippen LogP contribution in [-0.2, 0) is 4.79 Å². The van der Waals surface area contributed by atoms with Crippen molar-refractivity contribution >= 4 is 22.9 Å². The molecule has 0 N–H and O–H groups in total. The molecule has 92 valence electrons. The number of thiazole rings is 1. The highest BCUT2D eigenvalue weighted by molar-refractivity contribution is 7.15. The number of hydrogen-bond acceptors (Lipinski definition) is 4. The van der Waals surface area contributed by atoms with Gasteiger partial charge in [0.15, 0.2) is 0 Å². The normalized spacial score (nSPS) is 21.9. The number of Topliss-reactive ketones (excluding diaryl/α,β-unsaturated/α-hetero) is 2. The zero-order valence-corrected chi connectivity index (χ0v) is 11.1. The summed E-state index contributed by atoms with van der Waals surface area (Å²) in [6, 6.07) is 0. The second kappa shape index (κ2) is 3.99. The number of nitrogens with zero attached hydrogens (tertiary/aromatic N) is 1. The van der Waals surface area contributed by atoms with Crippen LogP contribution in [0.3, 0.4) is 0 Å². The molecule has 1 aromatic rings. The monoisotopic (exact) mass is 259 g/mol. The molecule has 2 aliphatic carbocycles. The summed E-state index contributed by atoms with van der Waals surface area (Å²) >= 11 is 1.38. The molecule has 1 unspecified atom stereocenters. The summed E-state index contributed by atoms with van der Waals surface area (Å²) in [7, 11) is 0. The van der Waals surface area contributed by atoms with E-state index in [-0.39, 0.29) is 23.4 Å². The fourth-order valence-electron chi connectivity index (χ4n) is 2.35. The highest BCUT2D eigenvalue weighted by Crippen LogP contribution is 2.41. The van der Waals surface area contributed by atoms with Crippen molar-refractivity contribution in [1.29, 1.82) is 0 Å². The van der Waals surface area contributed by atoms with Gasteiger partial charge in [-0.15, -0.1) is 11.3 Å². The minimum Gasteiger partial charge on any atom is -0.285 e. The van der Waals surface area contributed by atoms with Crippen LogP contribution in [0, 0.1) is 0 Å². The Morgan fingerprint density at radius 2 is 2.11 bits per heavy atom. The SMILES string of the molecule is CC(C)c1nc2c(s1)C(=O)C(=O)C1=CC=CCC12. The van der Waals surface area contributed by atoms with Gasteiger partial charge >= 0.3 is 0 Å². The van der Waals surface area contributed by atoms with Crippen molar-refractivity contribution in [3.05, 3.63) is 39.4 Å². The first kappa shape index (κ1) is 11.5. The lowest BCUT2D eigenvalue weighted by Gasteiger charge is -2.23. The highest BCUT2D eigenvalue weighted by Gasteiger charge is 2.39. The van der Waals surface area contributed by atoms with Crippen LogP contribution >= 0.6 is 11.3 Å². The molecular formula is C14H13NO2S. The van der Waals surface area contributed by atoms with Gasteiger partial charge in [-0.1, -0.05) is 32.1 Å². The summed E-state index contributed by atoms with van der Waals surface area (Å²) < 4.78 is 0. The fraction of sp³-hybridized carbons (Fsp3) is 0.357. The Labute approximate surface area is 109 Å². The van der Waals surface area contributed by atoms with Gasteiger partial charge in [0.1, 0.15) is 4.88 Å². The van der Waals surface area contributed by atoms with Crippen molar-refractivity contribution in [3.8, 4) is 0 Å². The zero-order chi connectivity index (χ0) is 12.9.